The number of ether oxygens (including phenoxy) is 1. The Kier molecular flexibility index (Phi) is 5.07. The highest BCUT2D eigenvalue weighted by Crippen LogP contribution is 2.26. The van der Waals surface area contributed by atoms with E-state index < -0.39 is 0 Å². The normalized spacial score (nSPS) is 11.0. The molecule has 0 bridgehead atoms. The minimum Gasteiger partial charge on any atom is -0.452 e. The fourth-order valence-electron chi connectivity index (χ4n) is 2.96. The lowest BCUT2D eigenvalue weighted by molar-refractivity contribution is 0.0430. The third-order valence-electron chi connectivity index (χ3n) is 4.02. The molecule has 0 aliphatic carbocycles. The Bertz CT molecular complexity index is 902. The van der Waals surface area contributed by atoms with Gasteiger partial charge in [0.1, 0.15) is 0 Å². The van der Waals surface area contributed by atoms with Crippen LogP contribution in [0.4, 0.5) is 0 Å². The Labute approximate surface area is 146 Å². The number of aromatic nitrogens is 3. The minimum absolute atomic E-state index is 0.0391. The van der Waals surface area contributed by atoms with E-state index >= 15 is 0 Å². The van der Waals surface area contributed by atoms with E-state index in [1.54, 1.807) is 6.92 Å². The number of pyridine rings is 1. The average Bonchev–Trinajstić information content (AvgIpc) is 3.04. The van der Waals surface area contributed by atoms with Crippen molar-refractivity contribution < 1.29 is 14.1 Å². The van der Waals surface area contributed by atoms with Crippen molar-refractivity contribution >= 4 is 16.9 Å². The molecule has 0 unspecified atom stereocenters. The molecular weight excluding hydrogens is 318 g/mol. The van der Waals surface area contributed by atoms with Crippen molar-refractivity contribution in [2.24, 2.45) is 0 Å². The molecule has 0 amide bonds. The lowest BCUT2D eigenvalue weighted by Crippen LogP contribution is -2.13. The van der Waals surface area contributed by atoms with Crippen LogP contribution in [0.2, 0.25) is 0 Å². The molecule has 0 spiro atoms. The number of esters is 1. The lowest BCUT2D eigenvalue weighted by atomic mass is 9.96. The molecule has 25 heavy (non-hydrogen) atoms. The molecule has 6 heteroatoms. The summed E-state index contributed by atoms with van der Waals surface area (Å²) >= 11 is 0. The number of hydrogen-bond acceptors (Lipinski definition) is 6. The van der Waals surface area contributed by atoms with Gasteiger partial charge in [0.15, 0.2) is 12.4 Å². The molecule has 0 atom stereocenters. The number of para-hydroxylation sites is 1. The Morgan fingerprint density at radius 1 is 1.20 bits per heavy atom. The van der Waals surface area contributed by atoms with Crippen LogP contribution in [-0.4, -0.2) is 21.1 Å². The van der Waals surface area contributed by atoms with E-state index in [0.717, 1.165) is 41.4 Å². The second-order valence-corrected chi connectivity index (χ2v) is 5.84. The smallest absolute Gasteiger partial charge is 0.339 e. The number of nitrogens with zero attached hydrogens (tertiary/aromatic N) is 3. The summed E-state index contributed by atoms with van der Waals surface area (Å²) in [5.74, 6) is 0.416. The van der Waals surface area contributed by atoms with Crippen LogP contribution in [0.3, 0.4) is 0 Å². The zero-order chi connectivity index (χ0) is 17.8. The van der Waals surface area contributed by atoms with E-state index in [0.29, 0.717) is 11.4 Å². The van der Waals surface area contributed by atoms with Crippen molar-refractivity contribution in [1.82, 2.24) is 15.1 Å². The molecule has 2 aromatic heterocycles. The van der Waals surface area contributed by atoms with Crippen LogP contribution in [0, 0.1) is 6.92 Å². The molecule has 6 nitrogen and oxygen atoms in total. The first-order valence-electron chi connectivity index (χ1n) is 8.50. The van der Waals surface area contributed by atoms with Gasteiger partial charge >= 0.3 is 5.97 Å². The van der Waals surface area contributed by atoms with Gasteiger partial charge in [-0.1, -0.05) is 43.6 Å². The number of carbonyl (C=O) groups is 1. The molecular formula is C19H21N3O3. The van der Waals surface area contributed by atoms with Gasteiger partial charge in [-0.2, -0.15) is 4.98 Å². The van der Waals surface area contributed by atoms with Crippen molar-refractivity contribution in [3.05, 3.63) is 52.8 Å². The van der Waals surface area contributed by atoms with E-state index in [-0.39, 0.29) is 18.5 Å². The maximum absolute atomic E-state index is 12.8. The summed E-state index contributed by atoms with van der Waals surface area (Å²) in [7, 11) is 0. The SMILES string of the molecule is CCCc1nc2ccccc2c(C(=O)OCc2nc(C)no2)c1CC. The quantitative estimate of drug-likeness (QED) is 0.636. The number of aryl methyl sites for hydroxylation is 2. The molecule has 130 valence electrons. The molecule has 0 aliphatic rings. The fourth-order valence-corrected chi connectivity index (χ4v) is 2.96. The van der Waals surface area contributed by atoms with Crippen LogP contribution in [-0.2, 0) is 24.2 Å². The maximum atomic E-state index is 12.8. The largest absolute Gasteiger partial charge is 0.452 e. The summed E-state index contributed by atoms with van der Waals surface area (Å²) in [6.45, 7) is 5.81. The number of carbonyl (C=O) groups excluding carboxylic acids is 1. The first-order valence-corrected chi connectivity index (χ1v) is 8.50. The number of benzene rings is 1. The van der Waals surface area contributed by atoms with Crippen molar-refractivity contribution in [3.8, 4) is 0 Å². The van der Waals surface area contributed by atoms with Gasteiger partial charge in [0.05, 0.1) is 11.1 Å². The average molecular weight is 339 g/mol. The van der Waals surface area contributed by atoms with E-state index in [1.807, 2.05) is 31.2 Å². The van der Waals surface area contributed by atoms with Crippen molar-refractivity contribution in [2.75, 3.05) is 0 Å². The van der Waals surface area contributed by atoms with Gasteiger partial charge in [-0.3, -0.25) is 4.98 Å². The van der Waals surface area contributed by atoms with Crippen molar-refractivity contribution in [2.45, 2.75) is 46.6 Å². The van der Waals surface area contributed by atoms with Gasteiger partial charge in [0.2, 0.25) is 0 Å². The third-order valence-corrected chi connectivity index (χ3v) is 4.02. The molecule has 2 heterocycles. The molecule has 0 radical (unpaired) electrons. The highest BCUT2D eigenvalue weighted by Gasteiger charge is 2.21. The topological polar surface area (TPSA) is 78.1 Å². The predicted molar refractivity (Wildman–Crippen MR) is 93.3 cm³/mol. The highest BCUT2D eigenvalue weighted by atomic mass is 16.6. The van der Waals surface area contributed by atoms with Crippen molar-refractivity contribution in [1.29, 1.82) is 0 Å². The van der Waals surface area contributed by atoms with Gasteiger partial charge in [-0.25, -0.2) is 4.79 Å². The van der Waals surface area contributed by atoms with Crippen molar-refractivity contribution in [3.63, 3.8) is 0 Å². The lowest BCUT2D eigenvalue weighted by Gasteiger charge is -2.15. The predicted octanol–water partition coefficient (Wildman–Crippen LogP) is 3.80. The van der Waals surface area contributed by atoms with Gasteiger partial charge in [-0.05, 0) is 31.4 Å². The third kappa shape index (κ3) is 3.52. The standard InChI is InChI=1S/C19H21N3O3/c1-4-8-15-13(5-2)18(14-9-6-7-10-16(14)21-15)19(23)24-11-17-20-12(3)22-25-17/h6-7,9-10H,4-5,8,11H2,1-3H3. The molecule has 3 rings (SSSR count). The number of fused-ring (bicyclic) bond motifs is 1. The Hall–Kier alpha value is -2.76. The Balaban J connectivity index is 2.01. The van der Waals surface area contributed by atoms with Gasteiger partial charge in [0.25, 0.3) is 5.89 Å². The zero-order valence-corrected chi connectivity index (χ0v) is 14.7. The molecule has 0 aliphatic heterocycles. The molecule has 0 fully saturated rings. The molecule has 0 saturated carbocycles. The summed E-state index contributed by atoms with van der Waals surface area (Å²) in [6, 6.07) is 7.66. The Morgan fingerprint density at radius 2 is 2.00 bits per heavy atom. The van der Waals surface area contributed by atoms with Gasteiger partial charge in [0, 0.05) is 11.1 Å². The van der Waals surface area contributed by atoms with Crippen LogP contribution in [0.1, 0.15) is 53.6 Å². The first-order chi connectivity index (χ1) is 12.1. The molecule has 1 aromatic carbocycles. The molecule has 0 N–H and O–H groups in total. The monoisotopic (exact) mass is 339 g/mol. The van der Waals surface area contributed by atoms with E-state index in [2.05, 4.69) is 17.1 Å². The summed E-state index contributed by atoms with van der Waals surface area (Å²) in [5, 5.41) is 4.51. The molecule has 0 saturated heterocycles. The van der Waals surface area contributed by atoms with Gasteiger partial charge in [-0.15, -0.1) is 0 Å². The number of rotatable bonds is 6. The zero-order valence-electron chi connectivity index (χ0n) is 14.7. The van der Waals surface area contributed by atoms with E-state index in [1.165, 1.54) is 0 Å². The fraction of sp³-hybridized carbons (Fsp3) is 0.368. The highest BCUT2D eigenvalue weighted by molar-refractivity contribution is 6.05. The van der Waals surface area contributed by atoms with Crippen LogP contribution in [0.15, 0.2) is 28.8 Å². The molecule has 3 aromatic rings. The summed E-state index contributed by atoms with van der Waals surface area (Å²) in [6.07, 6.45) is 2.52. The second-order valence-electron chi connectivity index (χ2n) is 5.84. The summed E-state index contributed by atoms with van der Waals surface area (Å²) < 4.78 is 10.5. The first kappa shape index (κ1) is 17.1. The maximum Gasteiger partial charge on any atom is 0.339 e. The Morgan fingerprint density at radius 3 is 2.68 bits per heavy atom. The van der Waals surface area contributed by atoms with Crippen LogP contribution >= 0.6 is 0 Å². The van der Waals surface area contributed by atoms with Gasteiger partial charge < -0.3 is 9.26 Å². The summed E-state index contributed by atoms with van der Waals surface area (Å²) in [4.78, 5) is 21.6. The van der Waals surface area contributed by atoms with E-state index in [4.69, 9.17) is 14.2 Å². The van der Waals surface area contributed by atoms with Crippen LogP contribution < -0.4 is 0 Å². The minimum atomic E-state index is -0.386. The van der Waals surface area contributed by atoms with Crippen LogP contribution in [0.25, 0.3) is 10.9 Å². The number of hydrogen-bond donors (Lipinski definition) is 0. The van der Waals surface area contributed by atoms with E-state index in [9.17, 15) is 4.79 Å². The van der Waals surface area contributed by atoms with Crippen LogP contribution in [0.5, 0.6) is 0 Å². The second kappa shape index (κ2) is 7.42. The summed E-state index contributed by atoms with van der Waals surface area (Å²) in [5.41, 5.74) is 3.31.